The Morgan fingerprint density at radius 1 is 1.32 bits per heavy atom. The molecule has 3 N–H and O–H groups in total. The minimum Gasteiger partial charge on any atom is -0.346 e. The third-order valence-electron chi connectivity index (χ3n) is 4.17. The van der Waals surface area contributed by atoms with Gasteiger partial charge < -0.3 is 11.1 Å². The maximum absolute atomic E-state index is 12.2. The van der Waals surface area contributed by atoms with Crippen molar-refractivity contribution >= 4 is 21.8 Å². The summed E-state index contributed by atoms with van der Waals surface area (Å²) in [5.74, 6) is -0.106. The monoisotopic (exact) mass is 324 g/mol. The summed E-state index contributed by atoms with van der Waals surface area (Å²) in [7, 11) is 0. The van der Waals surface area contributed by atoms with Crippen LogP contribution >= 0.6 is 15.9 Å². The van der Waals surface area contributed by atoms with Gasteiger partial charge in [-0.3, -0.25) is 4.79 Å². The van der Waals surface area contributed by atoms with Gasteiger partial charge in [0.2, 0.25) is 5.91 Å². The van der Waals surface area contributed by atoms with Crippen LogP contribution in [0.3, 0.4) is 0 Å². The molecule has 0 bridgehead atoms. The number of benzene rings is 1. The SMILES string of the molecule is CC(N)C(C)C(=O)NC1(c2ccc(Br)cc2)CCC1. The summed E-state index contributed by atoms with van der Waals surface area (Å²) in [5.41, 5.74) is 6.81. The summed E-state index contributed by atoms with van der Waals surface area (Å²) in [6.07, 6.45) is 3.17. The first kappa shape index (κ1) is 14.5. The van der Waals surface area contributed by atoms with E-state index >= 15 is 0 Å². The van der Waals surface area contributed by atoms with Gasteiger partial charge in [0.1, 0.15) is 0 Å². The van der Waals surface area contributed by atoms with Gasteiger partial charge in [0.05, 0.1) is 5.54 Å². The number of hydrogen-bond donors (Lipinski definition) is 2. The number of nitrogens with one attached hydrogen (secondary N) is 1. The Morgan fingerprint density at radius 2 is 1.89 bits per heavy atom. The van der Waals surface area contributed by atoms with Crippen LogP contribution in [-0.2, 0) is 10.3 Å². The molecule has 0 aromatic heterocycles. The minimum absolute atomic E-state index is 0.0534. The maximum Gasteiger partial charge on any atom is 0.225 e. The van der Waals surface area contributed by atoms with Crippen molar-refractivity contribution in [2.24, 2.45) is 11.7 Å². The lowest BCUT2D eigenvalue weighted by molar-refractivity contribution is -0.128. The molecule has 0 spiro atoms. The van der Waals surface area contributed by atoms with Crippen molar-refractivity contribution in [3.8, 4) is 0 Å². The third kappa shape index (κ3) is 3.00. The van der Waals surface area contributed by atoms with Crippen molar-refractivity contribution in [1.82, 2.24) is 5.32 Å². The summed E-state index contributed by atoms with van der Waals surface area (Å²) in [5, 5.41) is 3.21. The van der Waals surface area contributed by atoms with Crippen LogP contribution in [0.4, 0.5) is 0 Å². The van der Waals surface area contributed by atoms with E-state index in [2.05, 4.69) is 33.4 Å². The zero-order chi connectivity index (χ0) is 14.0. The Labute approximate surface area is 123 Å². The molecule has 19 heavy (non-hydrogen) atoms. The van der Waals surface area contributed by atoms with Crippen LogP contribution in [0.25, 0.3) is 0 Å². The highest BCUT2D eigenvalue weighted by Crippen LogP contribution is 2.41. The lowest BCUT2D eigenvalue weighted by Crippen LogP contribution is -2.53. The lowest BCUT2D eigenvalue weighted by atomic mass is 9.71. The summed E-state index contributed by atoms with van der Waals surface area (Å²) in [6, 6.07) is 8.09. The first-order valence-electron chi connectivity index (χ1n) is 6.78. The molecule has 0 heterocycles. The van der Waals surface area contributed by atoms with E-state index in [1.807, 2.05) is 26.0 Å². The van der Waals surface area contributed by atoms with Crippen LogP contribution in [0.5, 0.6) is 0 Å². The Bertz CT molecular complexity index is 452. The minimum atomic E-state index is -0.180. The van der Waals surface area contributed by atoms with E-state index in [0.29, 0.717) is 0 Å². The van der Waals surface area contributed by atoms with Gasteiger partial charge in [-0.25, -0.2) is 0 Å². The summed E-state index contributed by atoms with van der Waals surface area (Å²) < 4.78 is 1.06. The van der Waals surface area contributed by atoms with Gasteiger partial charge in [-0.05, 0) is 43.9 Å². The van der Waals surface area contributed by atoms with Gasteiger partial charge in [-0.1, -0.05) is 35.0 Å². The first-order valence-corrected chi connectivity index (χ1v) is 7.57. The zero-order valence-corrected chi connectivity index (χ0v) is 13.0. The lowest BCUT2D eigenvalue weighted by Gasteiger charge is -2.44. The molecule has 3 nitrogen and oxygen atoms in total. The maximum atomic E-state index is 12.2. The second-order valence-electron chi connectivity index (χ2n) is 5.58. The number of amides is 1. The second kappa shape index (κ2) is 5.63. The van der Waals surface area contributed by atoms with Crippen molar-refractivity contribution < 1.29 is 4.79 Å². The van der Waals surface area contributed by atoms with E-state index in [-0.39, 0.29) is 23.4 Å². The number of halogens is 1. The Balaban J connectivity index is 2.15. The average molecular weight is 325 g/mol. The van der Waals surface area contributed by atoms with Crippen LogP contribution in [0.2, 0.25) is 0 Å². The molecular formula is C15H21BrN2O. The molecule has 0 radical (unpaired) electrons. The van der Waals surface area contributed by atoms with Gasteiger partial charge >= 0.3 is 0 Å². The van der Waals surface area contributed by atoms with Crippen LogP contribution < -0.4 is 11.1 Å². The van der Waals surface area contributed by atoms with Crippen LogP contribution in [0, 0.1) is 5.92 Å². The molecule has 1 fully saturated rings. The molecule has 1 amide bonds. The highest BCUT2D eigenvalue weighted by atomic mass is 79.9. The highest BCUT2D eigenvalue weighted by Gasteiger charge is 2.40. The van der Waals surface area contributed by atoms with Gasteiger partial charge in [0.25, 0.3) is 0 Å². The molecule has 2 rings (SSSR count). The van der Waals surface area contributed by atoms with Gasteiger partial charge in [-0.15, -0.1) is 0 Å². The number of carbonyl (C=O) groups excluding carboxylic acids is 1. The van der Waals surface area contributed by atoms with Crippen molar-refractivity contribution in [3.05, 3.63) is 34.3 Å². The largest absolute Gasteiger partial charge is 0.346 e. The van der Waals surface area contributed by atoms with Crippen molar-refractivity contribution in [3.63, 3.8) is 0 Å². The fraction of sp³-hybridized carbons (Fsp3) is 0.533. The first-order chi connectivity index (χ1) is 8.94. The number of nitrogens with two attached hydrogens (primary N) is 1. The topological polar surface area (TPSA) is 55.1 Å². The summed E-state index contributed by atoms with van der Waals surface area (Å²) >= 11 is 3.44. The van der Waals surface area contributed by atoms with E-state index < -0.39 is 0 Å². The van der Waals surface area contributed by atoms with Crippen LogP contribution in [0.1, 0.15) is 38.7 Å². The molecular weight excluding hydrogens is 304 g/mol. The van der Waals surface area contributed by atoms with E-state index in [4.69, 9.17) is 5.73 Å². The van der Waals surface area contributed by atoms with E-state index in [9.17, 15) is 4.79 Å². The standard InChI is InChI=1S/C15H21BrN2O/c1-10(11(2)17)14(19)18-15(8-3-9-15)12-4-6-13(16)7-5-12/h4-7,10-11H,3,8-9,17H2,1-2H3,(H,18,19). The Hall–Kier alpha value is -0.870. The predicted molar refractivity (Wildman–Crippen MR) is 80.6 cm³/mol. The molecule has 0 saturated heterocycles. The molecule has 1 aromatic carbocycles. The molecule has 104 valence electrons. The fourth-order valence-corrected chi connectivity index (χ4v) is 2.64. The zero-order valence-electron chi connectivity index (χ0n) is 11.4. The van der Waals surface area contributed by atoms with E-state index in [1.165, 1.54) is 5.56 Å². The van der Waals surface area contributed by atoms with Crippen LogP contribution in [-0.4, -0.2) is 11.9 Å². The van der Waals surface area contributed by atoms with Crippen LogP contribution in [0.15, 0.2) is 28.7 Å². The third-order valence-corrected chi connectivity index (χ3v) is 4.70. The summed E-state index contributed by atoms with van der Waals surface area (Å²) in [4.78, 5) is 12.2. The predicted octanol–water partition coefficient (Wildman–Crippen LogP) is 2.93. The Morgan fingerprint density at radius 3 is 2.32 bits per heavy atom. The molecule has 2 unspecified atom stereocenters. The fourth-order valence-electron chi connectivity index (χ4n) is 2.37. The molecule has 4 heteroatoms. The average Bonchev–Trinajstić information content (AvgIpc) is 2.33. The Kier molecular flexibility index (Phi) is 4.31. The van der Waals surface area contributed by atoms with Gasteiger partial charge in [-0.2, -0.15) is 0 Å². The smallest absolute Gasteiger partial charge is 0.225 e. The number of rotatable bonds is 4. The van der Waals surface area contributed by atoms with Crippen molar-refractivity contribution in [1.29, 1.82) is 0 Å². The highest BCUT2D eigenvalue weighted by molar-refractivity contribution is 9.10. The van der Waals surface area contributed by atoms with Crippen molar-refractivity contribution in [2.75, 3.05) is 0 Å². The molecule has 0 aliphatic heterocycles. The molecule has 1 aliphatic carbocycles. The molecule has 1 aromatic rings. The normalized spacial score (nSPS) is 20.2. The summed E-state index contributed by atoms with van der Waals surface area (Å²) in [6.45, 7) is 3.76. The molecule has 2 atom stereocenters. The van der Waals surface area contributed by atoms with E-state index in [0.717, 1.165) is 23.7 Å². The number of carbonyl (C=O) groups is 1. The van der Waals surface area contributed by atoms with E-state index in [1.54, 1.807) is 0 Å². The van der Waals surface area contributed by atoms with Gasteiger partial charge in [0, 0.05) is 16.4 Å². The molecule has 1 aliphatic rings. The molecule has 1 saturated carbocycles. The quantitative estimate of drug-likeness (QED) is 0.894. The number of hydrogen-bond acceptors (Lipinski definition) is 2. The second-order valence-corrected chi connectivity index (χ2v) is 6.50. The van der Waals surface area contributed by atoms with Gasteiger partial charge in [0.15, 0.2) is 0 Å². The van der Waals surface area contributed by atoms with Crippen molar-refractivity contribution in [2.45, 2.75) is 44.7 Å².